The number of hydrogen-bond acceptors (Lipinski definition) is 6. The van der Waals surface area contributed by atoms with Crippen molar-refractivity contribution in [3.63, 3.8) is 0 Å². The first-order valence-electron chi connectivity index (χ1n) is 10.8. The third-order valence-corrected chi connectivity index (χ3v) is 7.19. The Kier molecular flexibility index (Phi) is 4.61. The summed E-state index contributed by atoms with van der Waals surface area (Å²) in [7, 11) is 2.18. The van der Waals surface area contributed by atoms with Gasteiger partial charge in [0.1, 0.15) is 16.0 Å². The molecule has 6 nitrogen and oxygen atoms in total. The highest BCUT2D eigenvalue weighted by atomic mass is 32.1. The molecule has 1 aliphatic heterocycles. The van der Waals surface area contributed by atoms with Crippen LogP contribution in [0.15, 0.2) is 36.7 Å². The second-order valence-corrected chi connectivity index (χ2v) is 11.1. The van der Waals surface area contributed by atoms with Crippen molar-refractivity contribution in [2.45, 2.75) is 64.6 Å². The van der Waals surface area contributed by atoms with Crippen LogP contribution in [-0.4, -0.2) is 43.5 Å². The van der Waals surface area contributed by atoms with Crippen molar-refractivity contribution in [2.24, 2.45) is 0 Å². The maximum absolute atomic E-state index is 4.95. The van der Waals surface area contributed by atoms with Gasteiger partial charge in [0.25, 0.3) is 0 Å². The van der Waals surface area contributed by atoms with Gasteiger partial charge in [0, 0.05) is 42.1 Å². The molecule has 0 spiro atoms. The summed E-state index contributed by atoms with van der Waals surface area (Å²) in [5.41, 5.74) is 5.18. The van der Waals surface area contributed by atoms with Gasteiger partial charge in [-0.1, -0.05) is 11.3 Å². The van der Waals surface area contributed by atoms with Gasteiger partial charge in [0.2, 0.25) is 0 Å². The van der Waals surface area contributed by atoms with Crippen molar-refractivity contribution in [3.8, 4) is 11.3 Å². The summed E-state index contributed by atoms with van der Waals surface area (Å²) in [4.78, 5) is 17.7. The quantitative estimate of drug-likeness (QED) is 0.488. The van der Waals surface area contributed by atoms with Crippen LogP contribution >= 0.6 is 11.3 Å². The molecule has 31 heavy (non-hydrogen) atoms. The van der Waals surface area contributed by atoms with Gasteiger partial charge in [0.15, 0.2) is 5.13 Å². The number of piperidine rings is 1. The maximum atomic E-state index is 4.95. The lowest BCUT2D eigenvalue weighted by Crippen LogP contribution is -2.61. The first-order chi connectivity index (χ1) is 14.6. The Morgan fingerprint density at radius 3 is 2.48 bits per heavy atom. The zero-order valence-electron chi connectivity index (χ0n) is 19.1. The van der Waals surface area contributed by atoms with Gasteiger partial charge in [-0.3, -0.25) is 0 Å². The van der Waals surface area contributed by atoms with Crippen LogP contribution in [0.2, 0.25) is 0 Å². The Labute approximate surface area is 187 Å². The third kappa shape index (κ3) is 3.92. The van der Waals surface area contributed by atoms with Crippen LogP contribution in [0.3, 0.4) is 0 Å². The molecule has 4 aromatic rings. The van der Waals surface area contributed by atoms with E-state index in [1.807, 2.05) is 19.2 Å². The topological polar surface area (TPSA) is 58.4 Å². The molecular formula is C24H30N6S. The molecule has 1 aliphatic rings. The van der Waals surface area contributed by atoms with E-state index in [-0.39, 0.29) is 11.1 Å². The summed E-state index contributed by atoms with van der Waals surface area (Å²) < 4.78 is 2.06. The molecule has 5 rings (SSSR count). The fraction of sp³-hybridized carbons (Fsp3) is 0.458. The average molecular weight is 435 g/mol. The highest BCUT2D eigenvalue weighted by molar-refractivity contribution is 7.21. The second-order valence-electron chi connectivity index (χ2n) is 10.1. The molecule has 0 amide bonds. The van der Waals surface area contributed by atoms with Gasteiger partial charge in [0.05, 0.1) is 11.4 Å². The van der Waals surface area contributed by atoms with E-state index in [0.29, 0.717) is 6.04 Å². The summed E-state index contributed by atoms with van der Waals surface area (Å²) in [6, 6.07) is 8.72. The van der Waals surface area contributed by atoms with Crippen LogP contribution in [-0.2, 0) is 0 Å². The third-order valence-electron chi connectivity index (χ3n) is 6.13. The van der Waals surface area contributed by atoms with E-state index in [2.05, 4.69) is 78.7 Å². The molecular weight excluding hydrogens is 404 g/mol. The summed E-state index contributed by atoms with van der Waals surface area (Å²) in [5.74, 6) is 0. The Bertz CT molecular complexity index is 1250. The monoisotopic (exact) mass is 434 g/mol. The lowest BCUT2D eigenvalue weighted by atomic mass is 9.79. The Hall–Kier alpha value is -2.51. The summed E-state index contributed by atoms with van der Waals surface area (Å²) in [5, 5.41) is 4.81. The van der Waals surface area contributed by atoms with Crippen LogP contribution in [0.5, 0.6) is 0 Å². The van der Waals surface area contributed by atoms with E-state index < -0.39 is 0 Å². The van der Waals surface area contributed by atoms with Crippen molar-refractivity contribution in [3.05, 3.63) is 42.4 Å². The van der Waals surface area contributed by atoms with Crippen LogP contribution < -0.4 is 10.2 Å². The summed E-state index contributed by atoms with van der Waals surface area (Å²) >= 11 is 1.68. The first-order valence-corrected chi connectivity index (χ1v) is 11.7. The number of pyridine rings is 2. The van der Waals surface area contributed by atoms with E-state index in [9.17, 15) is 0 Å². The number of aryl methyl sites for hydroxylation is 1. The second kappa shape index (κ2) is 7.00. The zero-order valence-corrected chi connectivity index (χ0v) is 19.9. The molecule has 1 N–H and O–H groups in total. The van der Waals surface area contributed by atoms with Gasteiger partial charge in [-0.2, -0.15) is 0 Å². The number of thiazole rings is 1. The molecule has 162 valence electrons. The van der Waals surface area contributed by atoms with Crippen molar-refractivity contribution in [2.75, 3.05) is 11.9 Å². The minimum Gasteiger partial charge on any atom is -0.348 e. The molecule has 0 unspecified atom stereocenters. The predicted molar refractivity (Wildman–Crippen MR) is 129 cm³/mol. The molecule has 0 atom stereocenters. The van der Waals surface area contributed by atoms with Crippen LogP contribution in [0.4, 0.5) is 5.13 Å². The van der Waals surface area contributed by atoms with Crippen molar-refractivity contribution >= 4 is 32.5 Å². The lowest BCUT2D eigenvalue weighted by Gasteiger charge is -2.48. The van der Waals surface area contributed by atoms with E-state index in [1.165, 1.54) is 0 Å². The Morgan fingerprint density at radius 1 is 1.00 bits per heavy atom. The lowest BCUT2D eigenvalue weighted by molar-refractivity contribution is 0.161. The minimum atomic E-state index is 0.104. The fourth-order valence-corrected chi connectivity index (χ4v) is 6.06. The molecule has 0 radical (unpaired) electrons. The number of hydrogen-bond donors (Lipinski definition) is 1. The van der Waals surface area contributed by atoms with Crippen LogP contribution in [0, 0.1) is 6.92 Å². The van der Waals surface area contributed by atoms with Crippen LogP contribution in [0.25, 0.3) is 27.3 Å². The van der Waals surface area contributed by atoms with Crippen molar-refractivity contribution in [1.29, 1.82) is 0 Å². The normalized spacial score (nSPS) is 18.6. The average Bonchev–Trinajstić information content (AvgIpc) is 3.25. The number of anilines is 1. The van der Waals surface area contributed by atoms with Gasteiger partial charge in [-0.15, -0.1) is 0 Å². The minimum absolute atomic E-state index is 0.104. The molecule has 0 bridgehead atoms. The van der Waals surface area contributed by atoms with Crippen molar-refractivity contribution in [1.82, 2.24) is 24.7 Å². The van der Waals surface area contributed by atoms with E-state index in [4.69, 9.17) is 9.97 Å². The molecule has 7 heteroatoms. The summed E-state index contributed by atoms with van der Waals surface area (Å²) in [6.45, 7) is 11.2. The number of nitrogens with zero attached hydrogens (tertiary/aromatic N) is 5. The van der Waals surface area contributed by atoms with E-state index in [0.717, 1.165) is 50.9 Å². The summed E-state index contributed by atoms with van der Waals surface area (Å²) in [6.07, 6.45) is 6.31. The van der Waals surface area contributed by atoms with E-state index >= 15 is 0 Å². The number of imidazole rings is 1. The number of rotatable bonds is 3. The van der Waals surface area contributed by atoms with Gasteiger partial charge in [-0.05, 0) is 71.7 Å². The van der Waals surface area contributed by atoms with Crippen LogP contribution in [0.1, 0.15) is 46.2 Å². The SMILES string of the molecule is Cc1cn2cc(-c3ccc4nc(N(C)C5CC(C)(C)NC(C)(C)C5)sc4n3)ccc2n1. The number of aromatic nitrogens is 4. The zero-order chi connectivity index (χ0) is 22.0. The number of fused-ring (bicyclic) bond motifs is 2. The smallest absolute Gasteiger partial charge is 0.187 e. The highest BCUT2D eigenvalue weighted by Crippen LogP contribution is 2.36. The molecule has 4 aromatic heterocycles. The molecule has 0 saturated carbocycles. The molecule has 1 fully saturated rings. The molecule has 0 aromatic carbocycles. The maximum Gasteiger partial charge on any atom is 0.187 e. The van der Waals surface area contributed by atoms with E-state index in [1.54, 1.807) is 11.3 Å². The molecule has 1 saturated heterocycles. The van der Waals surface area contributed by atoms with Gasteiger partial charge in [-0.25, -0.2) is 15.0 Å². The predicted octanol–water partition coefficient (Wildman–Crippen LogP) is 5.06. The first kappa shape index (κ1) is 20.4. The number of nitrogens with one attached hydrogen (secondary N) is 1. The van der Waals surface area contributed by atoms with Gasteiger partial charge < -0.3 is 14.6 Å². The van der Waals surface area contributed by atoms with Gasteiger partial charge >= 0.3 is 0 Å². The molecule has 5 heterocycles. The highest BCUT2D eigenvalue weighted by Gasteiger charge is 2.39. The fourth-order valence-electron chi connectivity index (χ4n) is 5.09. The largest absolute Gasteiger partial charge is 0.348 e. The Balaban J connectivity index is 1.46. The standard InChI is InChI=1S/C24H30N6S/c1-15-13-30-14-16(7-10-20(30)25-15)18-8-9-19-21(26-18)31-22(27-19)29(6)17-11-23(2,3)28-24(4,5)12-17/h7-10,13-14,17,28H,11-12H2,1-6H3. The Morgan fingerprint density at radius 2 is 1.74 bits per heavy atom. The van der Waals surface area contributed by atoms with Crippen molar-refractivity contribution < 1.29 is 0 Å². The molecule has 0 aliphatic carbocycles.